The van der Waals surface area contributed by atoms with E-state index in [0.717, 1.165) is 18.2 Å². The predicted molar refractivity (Wildman–Crippen MR) is 74.2 cm³/mol. The fraction of sp³-hybridized carbons (Fsp3) is 0.0667. The number of rotatable bonds is 3. The molecule has 0 aromatic heterocycles. The van der Waals surface area contributed by atoms with Crippen LogP contribution >= 0.6 is 0 Å². The predicted octanol–water partition coefficient (Wildman–Crippen LogP) is 2.79. The Morgan fingerprint density at radius 2 is 1.86 bits per heavy atom. The molecule has 0 saturated carbocycles. The number of benzene rings is 2. The van der Waals surface area contributed by atoms with Gasteiger partial charge in [0.1, 0.15) is 11.6 Å². The smallest absolute Gasteiger partial charge is 0.336 e. The molecule has 0 bridgehead atoms. The molecule has 108 valence electrons. The van der Waals surface area contributed by atoms with Gasteiger partial charge >= 0.3 is 5.97 Å². The number of anilines is 1. The zero-order chi connectivity index (χ0) is 15.6. The van der Waals surface area contributed by atoms with E-state index in [0.29, 0.717) is 11.3 Å². The lowest BCUT2D eigenvalue weighted by atomic mass is 10.1. The molecule has 2 rings (SSSR count). The molecule has 2 aromatic carbocycles. The summed E-state index contributed by atoms with van der Waals surface area (Å²) in [6.07, 6.45) is 0. The first-order valence-corrected chi connectivity index (χ1v) is 6.03. The molecule has 0 aliphatic heterocycles. The van der Waals surface area contributed by atoms with E-state index in [1.54, 1.807) is 13.0 Å². The second kappa shape index (κ2) is 5.62. The Balaban J connectivity index is 2.32. The number of nitrogens with one attached hydrogen (secondary N) is 1. The van der Waals surface area contributed by atoms with Crippen molar-refractivity contribution in [3.63, 3.8) is 0 Å². The topological polar surface area (TPSA) is 86.6 Å². The first-order chi connectivity index (χ1) is 9.90. The van der Waals surface area contributed by atoms with Gasteiger partial charge in [-0.1, -0.05) is 6.07 Å². The maximum Gasteiger partial charge on any atom is 0.336 e. The van der Waals surface area contributed by atoms with Gasteiger partial charge in [-0.25, -0.2) is 9.18 Å². The molecule has 0 heterocycles. The van der Waals surface area contributed by atoms with Gasteiger partial charge in [0.25, 0.3) is 5.91 Å². The molecule has 0 atom stereocenters. The lowest BCUT2D eigenvalue weighted by Gasteiger charge is -2.11. The largest absolute Gasteiger partial charge is 0.507 e. The van der Waals surface area contributed by atoms with Crippen LogP contribution in [0.15, 0.2) is 36.4 Å². The van der Waals surface area contributed by atoms with Crippen LogP contribution in [0, 0.1) is 12.7 Å². The van der Waals surface area contributed by atoms with Crippen LogP contribution in [-0.4, -0.2) is 22.1 Å². The van der Waals surface area contributed by atoms with E-state index in [4.69, 9.17) is 5.11 Å². The number of halogens is 1. The summed E-state index contributed by atoms with van der Waals surface area (Å²) in [6.45, 7) is 1.56. The summed E-state index contributed by atoms with van der Waals surface area (Å²) in [6, 6.07) is 7.49. The standard InChI is InChI=1S/C15H12FNO4/c1-8-10(15(20)21)3-2-4-12(8)17-14(19)11-6-5-9(16)7-13(11)18/h2-7,18H,1H3,(H,17,19)(H,20,21). The Bertz CT molecular complexity index is 728. The maximum absolute atomic E-state index is 12.9. The van der Waals surface area contributed by atoms with Crippen molar-refractivity contribution in [2.24, 2.45) is 0 Å². The van der Waals surface area contributed by atoms with Crippen LogP contribution in [0.25, 0.3) is 0 Å². The molecule has 3 N–H and O–H groups in total. The number of hydrogen-bond donors (Lipinski definition) is 3. The number of carbonyl (C=O) groups excluding carboxylic acids is 1. The van der Waals surface area contributed by atoms with E-state index in [2.05, 4.69) is 5.32 Å². The van der Waals surface area contributed by atoms with Crippen molar-refractivity contribution in [2.75, 3.05) is 5.32 Å². The Morgan fingerprint density at radius 1 is 1.14 bits per heavy atom. The minimum absolute atomic E-state index is 0.0659. The van der Waals surface area contributed by atoms with E-state index >= 15 is 0 Å². The van der Waals surface area contributed by atoms with Crippen molar-refractivity contribution in [1.82, 2.24) is 0 Å². The van der Waals surface area contributed by atoms with Crippen molar-refractivity contribution in [1.29, 1.82) is 0 Å². The lowest BCUT2D eigenvalue weighted by Crippen LogP contribution is -2.14. The number of phenols is 1. The molecule has 21 heavy (non-hydrogen) atoms. The molecular formula is C15H12FNO4. The molecule has 2 aromatic rings. The number of carboxylic acids is 1. The second-order valence-corrected chi connectivity index (χ2v) is 4.40. The molecule has 0 fully saturated rings. The average molecular weight is 289 g/mol. The van der Waals surface area contributed by atoms with Crippen LogP contribution in [-0.2, 0) is 0 Å². The number of hydrogen-bond acceptors (Lipinski definition) is 3. The summed E-state index contributed by atoms with van der Waals surface area (Å²) < 4.78 is 12.9. The number of aromatic carboxylic acids is 1. The fourth-order valence-corrected chi connectivity index (χ4v) is 1.89. The molecule has 5 nitrogen and oxygen atoms in total. The minimum Gasteiger partial charge on any atom is -0.507 e. The molecule has 0 saturated heterocycles. The monoisotopic (exact) mass is 289 g/mol. The third-order valence-electron chi connectivity index (χ3n) is 3.02. The minimum atomic E-state index is -1.10. The van der Waals surface area contributed by atoms with E-state index in [-0.39, 0.29) is 11.1 Å². The summed E-state index contributed by atoms with van der Waals surface area (Å²) in [5, 5.41) is 21.1. The summed E-state index contributed by atoms with van der Waals surface area (Å²) in [5.41, 5.74) is 0.663. The quantitative estimate of drug-likeness (QED) is 0.811. The summed E-state index contributed by atoms with van der Waals surface area (Å²) in [5.74, 6) is -2.90. The van der Waals surface area contributed by atoms with Gasteiger partial charge in [-0.05, 0) is 36.8 Å². The number of aromatic hydroxyl groups is 1. The first-order valence-electron chi connectivity index (χ1n) is 6.03. The number of carbonyl (C=O) groups is 2. The average Bonchev–Trinajstić information content (AvgIpc) is 2.40. The lowest BCUT2D eigenvalue weighted by molar-refractivity contribution is 0.0695. The van der Waals surface area contributed by atoms with Gasteiger partial charge in [0.15, 0.2) is 0 Å². The second-order valence-electron chi connectivity index (χ2n) is 4.40. The molecule has 0 aliphatic rings. The third-order valence-corrected chi connectivity index (χ3v) is 3.02. The van der Waals surface area contributed by atoms with Crippen LogP contribution < -0.4 is 5.32 Å². The van der Waals surface area contributed by atoms with E-state index in [1.165, 1.54) is 12.1 Å². The van der Waals surface area contributed by atoms with Crippen molar-refractivity contribution in [2.45, 2.75) is 6.92 Å². The summed E-state index contributed by atoms with van der Waals surface area (Å²) in [4.78, 5) is 23.1. The SMILES string of the molecule is Cc1c(NC(=O)c2ccc(F)cc2O)cccc1C(=O)O. The van der Waals surface area contributed by atoms with E-state index in [1.807, 2.05) is 0 Å². The Morgan fingerprint density at radius 3 is 2.48 bits per heavy atom. The van der Waals surface area contributed by atoms with Crippen LogP contribution in [0.4, 0.5) is 10.1 Å². The molecule has 0 radical (unpaired) electrons. The first kappa shape index (κ1) is 14.5. The van der Waals surface area contributed by atoms with Crippen LogP contribution in [0.2, 0.25) is 0 Å². The molecule has 1 amide bonds. The van der Waals surface area contributed by atoms with Crippen molar-refractivity contribution >= 4 is 17.6 Å². The van der Waals surface area contributed by atoms with E-state index < -0.39 is 23.4 Å². The van der Waals surface area contributed by atoms with Gasteiger partial charge in [-0.2, -0.15) is 0 Å². The molecule has 0 spiro atoms. The van der Waals surface area contributed by atoms with Gasteiger partial charge in [0.05, 0.1) is 11.1 Å². The van der Waals surface area contributed by atoms with Crippen molar-refractivity contribution < 1.29 is 24.2 Å². The zero-order valence-electron chi connectivity index (χ0n) is 11.1. The highest BCUT2D eigenvalue weighted by Gasteiger charge is 2.15. The van der Waals surface area contributed by atoms with Crippen LogP contribution in [0.3, 0.4) is 0 Å². The molecular weight excluding hydrogens is 277 g/mol. The highest BCUT2D eigenvalue weighted by atomic mass is 19.1. The Kier molecular flexibility index (Phi) is 3.89. The highest BCUT2D eigenvalue weighted by molar-refractivity contribution is 6.07. The maximum atomic E-state index is 12.9. The van der Waals surface area contributed by atoms with Gasteiger partial charge < -0.3 is 15.5 Å². The van der Waals surface area contributed by atoms with Gasteiger partial charge in [-0.3, -0.25) is 4.79 Å². The highest BCUT2D eigenvalue weighted by Crippen LogP contribution is 2.23. The van der Waals surface area contributed by atoms with Crippen molar-refractivity contribution in [3.8, 4) is 5.75 Å². The molecule has 0 aliphatic carbocycles. The normalized spacial score (nSPS) is 10.2. The fourth-order valence-electron chi connectivity index (χ4n) is 1.89. The third kappa shape index (κ3) is 3.00. The van der Waals surface area contributed by atoms with E-state index in [9.17, 15) is 19.1 Å². The van der Waals surface area contributed by atoms with Crippen LogP contribution in [0.5, 0.6) is 5.75 Å². The zero-order valence-corrected chi connectivity index (χ0v) is 11.1. The summed E-state index contributed by atoms with van der Waals surface area (Å²) in [7, 11) is 0. The van der Waals surface area contributed by atoms with Crippen LogP contribution in [0.1, 0.15) is 26.3 Å². The number of carboxylic acid groups (broad SMARTS) is 1. The van der Waals surface area contributed by atoms with Gasteiger partial charge in [0, 0.05) is 11.8 Å². The Hall–Kier alpha value is -2.89. The van der Waals surface area contributed by atoms with Gasteiger partial charge in [0.2, 0.25) is 0 Å². The molecule has 6 heteroatoms. The Labute approximate surface area is 119 Å². The van der Waals surface area contributed by atoms with Crippen molar-refractivity contribution in [3.05, 3.63) is 58.9 Å². The summed E-state index contributed by atoms with van der Waals surface area (Å²) >= 11 is 0. The number of phenolic OH excluding ortho intramolecular Hbond substituents is 1. The number of amides is 1. The molecule has 0 unspecified atom stereocenters. The van der Waals surface area contributed by atoms with Gasteiger partial charge in [-0.15, -0.1) is 0 Å².